The Morgan fingerprint density at radius 3 is 1.98 bits per heavy atom. The fourth-order valence-corrected chi connectivity index (χ4v) is 6.28. The number of carbonyl (C=O) groups excluding carboxylic acids is 2. The van der Waals surface area contributed by atoms with Gasteiger partial charge in [-0.25, -0.2) is 12.8 Å². The average Bonchev–Trinajstić information content (AvgIpc) is 2.99. The molecule has 1 N–H and O–H groups in total. The second-order valence-corrected chi connectivity index (χ2v) is 13.1. The lowest BCUT2D eigenvalue weighted by Crippen LogP contribution is -2.54. The molecule has 2 amide bonds. The van der Waals surface area contributed by atoms with Gasteiger partial charge in [-0.3, -0.25) is 13.9 Å². The first kappa shape index (κ1) is 31.9. The number of sulfonamides is 1. The summed E-state index contributed by atoms with van der Waals surface area (Å²) >= 11 is 3.43. The second kappa shape index (κ2) is 14.4. The highest BCUT2D eigenvalue weighted by Gasteiger charge is 2.34. The summed E-state index contributed by atoms with van der Waals surface area (Å²) in [5, 5.41) is 2.93. The second-order valence-electron chi connectivity index (χ2n) is 10.3. The Bertz CT molecular complexity index is 1620. The Morgan fingerprint density at radius 2 is 1.40 bits per heavy atom. The van der Waals surface area contributed by atoms with E-state index in [1.54, 1.807) is 18.2 Å². The van der Waals surface area contributed by atoms with Crippen LogP contribution in [0.4, 0.5) is 10.1 Å². The molecule has 0 spiro atoms. The predicted octanol–water partition coefficient (Wildman–Crippen LogP) is 5.95. The normalized spacial score (nSPS) is 12.0. The van der Waals surface area contributed by atoms with Crippen molar-refractivity contribution in [3.63, 3.8) is 0 Å². The number of carbonyl (C=O) groups is 2. The van der Waals surface area contributed by atoms with Crippen LogP contribution in [0.25, 0.3) is 0 Å². The maximum absolute atomic E-state index is 14.3. The molecule has 4 aromatic carbocycles. The molecule has 1 atom stereocenters. The van der Waals surface area contributed by atoms with Gasteiger partial charge >= 0.3 is 0 Å². The number of rotatable bonds is 12. The van der Waals surface area contributed by atoms with Gasteiger partial charge in [0.1, 0.15) is 18.4 Å². The van der Waals surface area contributed by atoms with Gasteiger partial charge in [-0.05, 0) is 73.5 Å². The minimum atomic E-state index is -4.24. The number of hydrogen-bond acceptors (Lipinski definition) is 4. The lowest BCUT2D eigenvalue weighted by molar-refractivity contribution is -0.140. The molecule has 0 saturated heterocycles. The molecule has 10 heteroatoms. The molecule has 43 heavy (non-hydrogen) atoms. The molecule has 224 valence electrons. The first-order chi connectivity index (χ1) is 20.5. The molecule has 0 aliphatic carbocycles. The highest BCUT2D eigenvalue weighted by atomic mass is 79.9. The van der Waals surface area contributed by atoms with Crippen LogP contribution >= 0.6 is 15.9 Å². The maximum atomic E-state index is 14.3. The van der Waals surface area contributed by atoms with Gasteiger partial charge in [0.2, 0.25) is 11.8 Å². The molecular formula is C33H33BrFN3O4S. The van der Waals surface area contributed by atoms with Crippen molar-refractivity contribution in [3.8, 4) is 0 Å². The van der Waals surface area contributed by atoms with Crippen molar-refractivity contribution in [3.05, 3.63) is 131 Å². The zero-order chi connectivity index (χ0) is 31.0. The van der Waals surface area contributed by atoms with Crippen LogP contribution in [-0.2, 0) is 32.6 Å². The highest BCUT2D eigenvalue weighted by molar-refractivity contribution is 9.10. The minimum absolute atomic E-state index is 0.0232. The van der Waals surface area contributed by atoms with Crippen molar-refractivity contribution in [1.29, 1.82) is 0 Å². The lowest BCUT2D eigenvalue weighted by Gasteiger charge is -2.34. The fraction of sp³-hybridized carbons (Fsp3) is 0.212. The van der Waals surface area contributed by atoms with Crippen molar-refractivity contribution >= 4 is 43.5 Å². The Labute approximate surface area is 260 Å². The summed E-state index contributed by atoms with van der Waals surface area (Å²) < 4.78 is 43.4. The summed E-state index contributed by atoms with van der Waals surface area (Å²) in [5.41, 5.74) is 1.71. The molecule has 0 radical (unpaired) electrons. The molecule has 0 fully saturated rings. The molecular weight excluding hydrogens is 633 g/mol. The molecule has 0 unspecified atom stereocenters. The average molecular weight is 667 g/mol. The van der Waals surface area contributed by atoms with Gasteiger partial charge in [-0.2, -0.15) is 0 Å². The van der Waals surface area contributed by atoms with E-state index in [0.717, 1.165) is 32.0 Å². The number of anilines is 1. The lowest BCUT2D eigenvalue weighted by atomic mass is 10.0. The maximum Gasteiger partial charge on any atom is 0.264 e. The van der Waals surface area contributed by atoms with E-state index in [9.17, 15) is 22.4 Å². The van der Waals surface area contributed by atoms with Gasteiger partial charge < -0.3 is 10.2 Å². The number of hydrogen-bond donors (Lipinski definition) is 1. The van der Waals surface area contributed by atoms with Crippen LogP contribution in [0.1, 0.15) is 25.0 Å². The number of amides is 2. The molecule has 7 nitrogen and oxygen atoms in total. The highest BCUT2D eigenvalue weighted by Crippen LogP contribution is 2.25. The molecule has 4 aromatic rings. The van der Waals surface area contributed by atoms with Gasteiger partial charge in [0.15, 0.2) is 0 Å². The van der Waals surface area contributed by atoms with Crippen LogP contribution < -0.4 is 9.62 Å². The van der Waals surface area contributed by atoms with E-state index < -0.39 is 34.3 Å². The standard InChI is InChI=1S/C33H33BrFN3O4S/c1-24(2)36-33(40)31(21-25-9-5-3-6-10-25)37(22-26-13-15-27(34)16-14-26)32(39)23-38(29-19-17-28(35)18-20-29)43(41,42)30-11-7-4-8-12-30/h3-20,24,31H,21-23H2,1-2H3,(H,36,40)/t31-/m1/s1. The van der Waals surface area contributed by atoms with Crippen LogP contribution in [0.3, 0.4) is 0 Å². The van der Waals surface area contributed by atoms with Crippen LogP contribution in [0.2, 0.25) is 0 Å². The van der Waals surface area contributed by atoms with Gasteiger partial charge in [-0.15, -0.1) is 0 Å². The van der Waals surface area contributed by atoms with Gasteiger partial charge in [0, 0.05) is 23.5 Å². The Morgan fingerprint density at radius 1 is 0.814 bits per heavy atom. The first-order valence-electron chi connectivity index (χ1n) is 13.8. The topological polar surface area (TPSA) is 86.8 Å². The van der Waals surface area contributed by atoms with Crippen LogP contribution in [0, 0.1) is 5.82 Å². The number of halogens is 2. The fourth-order valence-electron chi connectivity index (χ4n) is 4.58. The Kier molecular flexibility index (Phi) is 10.7. The van der Waals surface area contributed by atoms with Crippen molar-refractivity contribution in [2.24, 2.45) is 0 Å². The van der Waals surface area contributed by atoms with E-state index in [2.05, 4.69) is 21.2 Å². The van der Waals surface area contributed by atoms with Gasteiger partial charge in [-0.1, -0.05) is 76.6 Å². The summed E-state index contributed by atoms with van der Waals surface area (Å²) in [7, 11) is -4.24. The van der Waals surface area contributed by atoms with Crippen LogP contribution in [-0.4, -0.2) is 43.8 Å². The number of benzene rings is 4. The van der Waals surface area contributed by atoms with Crippen LogP contribution in [0.5, 0.6) is 0 Å². The van der Waals surface area contributed by atoms with E-state index in [0.29, 0.717) is 0 Å². The summed E-state index contributed by atoms with van der Waals surface area (Å²) in [4.78, 5) is 29.4. The van der Waals surface area contributed by atoms with Crippen molar-refractivity contribution in [2.75, 3.05) is 10.8 Å². The molecule has 0 aliphatic rings. The number of nitrogens with one attached hydrogen (secondary N) is 1. The molecule has 0 aliphatic heterocycles. The number of nitrogens with zero attached hydrogens (tertiary/aromatic N) is 2. The van der Waals surface area contributed by atoms with E-state index in [1.807, 2.05) is 68.4 Å². The Hall–Kier alpha value is -4.02. The van der Waals surface area contributed by atoms with E-state index in [1.165, 1.54) is 29.2 Å². The summed E-state index contributed by atoms with van der Waals surface area (Å²) in [6, 6.07) is 28.2. The third-order valence-electron chi connectivity index (χ3n) is 6.69. The molecule has 0 aromatic heterocycles. The first-order valence-corrected chi connectivity index (χ1v) is 16.0. The van der Waals surface area contributed by atoms with Crippen molar-refractivity contribution < 1.29 is 22.4 Å². The molecule has 0 heterocycles. The van der Waals surface area contributed by atoms with Crippen molar-refractivity contribution in [1.82, 2.24) is 10.2 Å². The van der Waals surface area contributed by atoms with Crippen LogP contribution in [0.15, 0.2) is 119 Å². The summed E-state index contributed by atoms with van der Waals surface area (Å²) in [5.74, 6) is -1.49. The minimum Gasteiger partial charge on any atom is -0.352 e. The van der Waals surface area contributed by atoms with E-state index in [4.69, 9.17) is 0 Å². The molecule has 4 rings (SSSR count). The Balaban J connectivity index is 1.79. The SMILES string of the molecule is CC(C)NC(=O)[C@@H](Cc1ccccc1)N(Cc1ccc(Br)cc1)C(=O)CN(c1ccc(F)cc1)S(=O)(=O)c1ccccc1. The van der Waals surface area contributed by atoms with Crippen molar-refractivity contribution in [2.45, 2.75) is 43.8 Å². The summed E-state index contributed by atoms with van der Waals surface area (Å²) in [6.45, 7) is 3.11. The third kappa shape index (κ3) is 8.52. The third-order valence-corrected chi connectivity index (χ3v) is 9.01. The zero-order valence-electron chi connectivity index (χ0n) is 23.9. The van der Waals surface area contributed by atoms with E-state index in [-0.39, 0.29) is 35.5 Å². The largest absolute Gasteiger partial charge is 0.352 e. The van der Waals surface area contributed by atoms with E-state index >= 15 is 0 Å². The quantitative estimate of drug-likeness (QED) is 0.203. The smallest absolute Gasteiger partial charge is 0.264 e. The monoisotopic (exact) mass is 665 g/mol. The molecule has 0 saturated carbocycles. The van der Waals surface area contributed by atoms with Gasteiger partial charge in [0.25, 0.3) is 10.0 Å². The van der Waals surface area contributed by atoms with Gasteiger partial charge in [0.05, 0.1) is 10.6 Å². The zero-order valence-corrected chi connectivity index (χ0v) is 26.3. The predicted molar refractivity (Wildman–Crippen MR) is 169 cm³/mol. The molecule has 0 bridgehead atoms. The summed E-state index contributed by atoms with van der Waals surface area (Å²) in [6.07, 6.45) is 0.212.